The molecule has 1 aliphatic heterocycles. The largest absolute Gasteiger partial charge is 0.305 e. The molecule has 178 valence electrons. The van der Waals surface area contributed by atoms with E-state index in [0.29, 0.717) is 35.1 Å². The number of sulfonamides is 1. The zero-order valence-corrected chi connectivity index (χ0v) is 21.5. The quantitative estimate of drug-likeness (QED) is 0.465. The van der Waals surface area contributed by atoms with Gasteiger partial charge in [0.1, 0.15) is 0 Å². The number of fused-ring (bicyclic) bond motifs is 1. The van der Waals surface area contributed by atoms with Gasteiger partial charge in [-0.3, -0.25) is 4.79 Å². The Kier molecular flexibility index (Phi) is 7.29. The molecule has 9 heteroatoms. The second kappa shape index (κ2) is 10.0. The van der Waals surface area contributed by atoms with Crippen LogP contribution in [0.25, 0.3) is 10.2 Å². The maximum Gasteiger partial charge on any atom is 0.251 e. The minimum absolute atomic E-state index is 0.202. The van der Waals surface area contributed by atoms with E-state index in [9.17, 15) is 13.2 Å². The van der Waals surface area contributed by atoms with Gasteiger partial charge in [0, 0.05) is 24.0 Å². The van der Waals surface area contributed by atoms with Gasteiger partial charge < -0.3 is 4.57 Å². The van der Waals surface area contributed by atoms with Crippen LogP contribution in [-0.4, -0.2) is 36.3 Å². The second-order valence-electron chi connectivity index (χ2n) is 8.64. The van der Waals surface area contributed by atoms with Crippen LogP contribution in [0.2, 0.25) is 5.02 Å². The van der Waals surface area contributed by atoms with Crippen molar-refractivity contribution in [1.29, 1.82) is 0 Å². The third-order valence-corrected chi connectivity index (χ3v) is 9.29. The van der Waals surface area contributed by atoms with Gasteiger partial charge in [-0.1, -0.05) is 48.8 Å². The van der Waals surface area contributed by atoms with E-state index >= 15 is 0 Å². The van der Waals surface area contributed by atoms with Crippen LogP contribution in [0.1, 0.15) is 38.2 Å². The first-order valence-electron chi connectivity index (χ1n) is 11.1. The molecule has 1 amide bonds. The number of piperidine rings is 1. The molecule has 6 nitrogen and oxygen atoms in total. The van der Waals surface area contributed by atoms with E-state index in [2.05, 4.69) is 36.9 Å². The van der Waals surface area contributed by atoms with Gasteiger partial charge in [0.25, 0.3) is 5.91 Å². The molecule has 0 aliphatic carbocycles. The Morgan fingerprint density at radius 1 is 1.21 bits per heavy atom. The van der Waals surface area contributed by atoms with Crippen molar-refractivity contribution in [2.75, 3.05) is 13.1 Å². The van der Waals surface area contributed by atoms with E-state index < -0.39 is 10.0 Å². The number of halogens is 1. The van der Waals surface area contributed by atoms with E-state index in [1.807, 2.05) is 10.6 Å². The Morgan fingerprint density at radius 3 is 2.50 bits per heavy atom. The zero-order valence-electron chi connectivity index (χ0n) is 19.1. The van der Waals surface area contributed by atoms with E-state index in [-0.39, 0.29) is 29.8 Å². The average molecular weight is 516 g/mol. The number of carbonyl (C=O) groups excluding carboxylic acids is 1. The molecule has 0 N–H and O–H groups in total. The number of aromatic nitrogens is 1. The molecular weight excluding hydrogens is 490 g/mol. The Balaban J connectivity index is 1.54. The van der Waals surface area contributed by atoms with Gasteiger partial charge in [0.2, 0.25) is 10.0 Å². The van der Waals surface area contributed by atoms with Crippen LogP contribution in [0.4, 0.5) is 0 Å². The summed E-state index contributed by atoms with van der Waals surface area (Å²) >= 11 is 7.33. The van der Waals surface area contributed by atoms with Crippen LogP contribution in [0, 0.1) is 18.3 Å². The summed E-state index contributed by atoms with van der Waals surface area (Å²) in [6, 6.07) is 12.4. The predicted octanol–water partition coefficient (Wildman–Crippen LogP) is 4.64. The van der Waals surface area contributed by atoms with E-state index in [1.54, 1.807) is 12.1 Å². The zero-order chi connectivity index (χ0) is 24.5. The van der Waals surface area contributed by atoms with Crippen LogP contribution in [0.15, 0.2) is 52.4 Å². The normalized spacial score (nSPS) is 16.3. The Labute approximate surface area is 208 Å². The molecule has 3 aromatic rings. The fourth-order valence-electron chi connectivity index (χ4n) is 4.06. The molecule has 2 aromatic carbocycles. The van der Waals surface area contributed by atoms with Gasteiger partial charge in [-0.05, 0) is 60.7 Å². The lowest BCUT2D eigenvalue weighted by Gasteiger charge is -2.29. The van der Waals surface area contributed by atoms with Crippen molar-refractivity contribution in [1.82, 2.24) is 8.87 Å². The van der Waals surface area contributed by atoms with E-state index in [1.165, 1.54) is 33.3 Å². The van der Waals surface area contributed by atoms with E-state index in [0.717, 1.165) is 10.2 Å². The molecule has 1 aromatic heterocycles. The summed E-state index contributed by atoms with van der Waals surface area (Å²) in [5.74, 6) is 2.49. The highest BCUT2D eigenvalue weighted by atomic mass is 35.5. The number of amides is 1. The molecule has 1 saturated heterocycles. The van der Waals surface area contributed by atoms with Gasteiger partial charge in [-0.2, -0.15) is 9.30 Å². The van der Waals surface area contributed by atoms with Crippen LogP contribution in [-0.2, 0) is 21.4 Å². The number of hydrogen-bond acceptors (Lipinski definition) is 4. The molecule has 0 spiro atoms. The summed E-state index contributed by atoms with van der Waals surface area (Å²) < 4.78 is 30.2. The maximum absolute atomic E-state index is 13.0. The highest BCUT2D eigenvalue weighted by Gasteiger charge is 2.32. The molecule has 0 atom stereocenters. The minimum atomic E-state index is -3.62. The Bertz CT molecular complexity index is 1420. The molecular formula is C25H26ClN3O3S2. The number of carbonyl (C=O) groups is 1. The number of hydrogen-bond donors (Lipinski definition) is 0. The van der Waals surface area contributed by atoms with Crippen molar-refractivity contribution in [3.8, 4) is 12.3 Å². The molecule has 2 heterocycles. The molecule has 0 unspecified atom stereocenters. The van der Waals surface area contributed by atoms with Crippen LogP contribution < -0.4 is 4.80 Å². The van der Waals surface area contributed by atoms with Gasteiger partial charge in [-0.15, -0.1) is 6.42 Å². The highest BCUT2D eigenvalue weighted by molar-refractivity contribution is 7.89. The van der Waals surface area contributed by atoms with Crippen LogP contribution in [0.3, 0.4) is 0 Å². The maximum atomic E-state index is 13.0. The monoisotopic (exact) mass is 515 g/mol. The number of nitrogens with zero attached hydrogens (tertiary/aromatic N) is 3. The molecule has 0 bridgehead atoms. The molecule has 4 rings (SSSR count). The van der Waals surface area contributed by atoms with Crippen molar-refractivity contribution < 1.29 is 13.2 Å². The summed E-state index contributed by atoms with van der Waals surface area (Å²) in [5.41, 5.74) is 2.18. The topological polar surface area (TPSA) is 71.7 Å². The Hall–Kier alpha value is -2.44. The van der Waals surface area contributed by atoms with Crippen molar-refractivity contribution in [3.05, 3.63) is 57.9 Å². The molecule has 0 saturated carbocycles. The van der Waals surface area contributed by atoms with Crippen molar-refractivity contribution >= 4 is 49.1 Å². The summed E-state index contributed by atoms with van der Waals surface area (Å²) in [7, 11) is -3.62. The van der Waals surface area contributed by atoms with Crippen molar-refractivity contribution in [2.45, 2.75) is 44.0 Å². The fourth-order valence-corrected chi connectivity index (χ4v) is 6.74. The van der Waals surface area contributed by atoms with E-state index in [4.69, 9.17) is 18.0 Å². The molecule has 34 heavy (non-hydrogen) atoms. The standard InChI is InChI=1S/C25H26ClN3O3S2/c1-4-13-29-22-10-5-19(17(2)3)16-23(22)33-25(29)27-24(30)18-11-14-28(15-12-18)34(31,32)21-8-6-20(26)7-9-21/h1,5-10,16-18H,11-15H2,2-3H3. The fraction of sp³-hybridized carbons (Fsp3) is 0.360. The number of rotatable bonds is 5. The predicted molar refractivity (Wildman–Crippen MR) is 136 cm³/mol. The first kappa shape index (κ1) is 24.7. The third-order valence-electron chi connectivity index (χ3n) is 6.08. The lowest BCUT2D eigenvalue weighted by Crippen LogP contribution is -2.40. The highest BCUT2D eigenvalue weighted by Crippen LogP contribution is 2.26. The van der Waals surface area contributed by atoms with Crippen molar-refractivity contribution in [2.24, 2.45) is 10.9 Å². The van der Waals surface area contributed by atoms with Gasteiger partial charge in [0.15, 0.2) is 4.80 Å². The summed E-state index contributed by atoms with van der Waals surface area (Å²) in [5, 5.41) is 0.480. The lowest BCUT2D eigenvalue weighted by molar-refractivity contribution is -0.122. The summed E-state index contributed by atoms with van der Waals surface area (Å²) in [6.07, 6.45) is 6.43. The first-order valence-corrected chi connectivity index (χ1v) is 13.7. The third kappa shape index (κ3) is 4.98. The summed E-state index contributed by atoms with van der Waals surface area (Å²) in [4.78, 5) is 18.2. The van der Waals surface area contributed by atoms with Gasteiger partial charge >= 0.3 is 0 Å². The van der Waals surface area contributed by atoms with Crippen molar-refractivity contribution in [3.63, 3.8) is 0 Å². The minimum Gasteiger partial charge on any atom is -0.305 e. The smallest absolute Gasteiger partial charge is 0.251 e. The number of terminal acetylenes is 1. The number of benzene rings is 2. The Morgan fingerprint density at radius 2 is 1.88 bits per heavy atom. The second-order valence-corrected chi connectivity index (χ2v) is 12.0. The SMILES string of the molecule is C#CCn1c(=NC(=O)C2CCN(S(=O)(=O)c3ccc(Cl)cc3)CC2)sc2cc(C(C)C)ccc21. The van der Waals surface area contributed by atoms with Crippen LogP contribution >= 0.6 is 22.9 Å². The molecule has 0 radical (unpaired) electrons. The molecule has 1 aliphatic rings. The van der Waals surface area contributed by atoms with Gasteiger partial charge in [0.05, 0.1) is 21.7 Å². The first-order chi connectivity index (χ1) is 16.2. The lowest BCUT2D eigenvalue weighted by atomic mass is 9.98. The number of thiazole rings is 1. The van der Waals surface area contributed by atoms with Crippen LogP contribution in [0.5, 0.6) is 0 Å². The average Bonchev–Trinajstić information content (AvgIpc) is 3.15. The molecule has 1 fully saturated rings. The summed E-state index contributed by atoms with van der Waals surface area (Å²) in [6.45, 7) is 5.14. The van der Waals surface area contributed by atoms with Gasteiger partial charge in [-0.25, -0.2) is 8.42 Å².